The van der Waals surface area contributed by atoms with E-state index in [0.717, 1.165) is 0 Å². The molecule has 0 aromatic heterocycles. The molecule has 4 heteroatoms. The van der Waals surface area contributed by atoms with E-state index in [-0.39, 0.29) is 75.6 Å². The summed E-state index contributed by atoms with van der Waals surface area (Å²) >= 11 is 0. The maximum Gasteiger partial charge on any atom is 0 e. The summed E-state index contributed by atoms with van der Waals surface area (Å²) in [6, 6.07) is 0. The van der Waals surface area contributed by atoms with Crippen LogP contribution in [0.4, 0.5) is 0 Å². The Labute approximate surface area is 74.7 Å². The Morgan fingerprint density at radius 1 is 0.500 bits per heavy atom. The van der Waals surface area contributed by atoms with Crippen LogP contribution in [0.15, 0.2) is 0 Å². The van der Waals surface area contributed by atoms with Crippen LogP contribution in [0.5, 0.6) is 0 Å². The standard InChI is InChI=1S/Sb.3Se. The van der Waals surface area contributed by atoms with Crippen molar-refractivity contribution in [2.24, 2.45) is 0 Å². The summed E-state index contributed by atoms with van der Waals surface area (Å²) < 4.78 is 0. The van der Waals surface area contributed by atoms with Gasteiger partial charge in [-0.2, -0.15) is 0 Å². The van der Waals surface area contributed by atoms with Crippen molar-refractivity contribution in [3.63, 3.8) is 0 Å². The molecule has 0 bridgehead atoms. The molecular formula is SbSe3. The van der Waals surface area contributed by atoms with Crippen LogP contribution in [-0.2, 0) is 0 Å². The van der Waals surface area contributed by atoms with Gasteiger partial charge >= 0.3 is 0 Å². The summed E-state index contributed by atoms with van der Waals surface area (Å²) in [5, 5.41) is 0. The minimum atomic E-state index is 0. The Hall–Kier alpha value is 2.38. The maximum atomic E-state index is 0. The van der Waals surface area contributed by atoms with Crippen molar-refractivity contribution in [3.05, 3.63) is 0 Å². The Kier molecular flexibility index (Phi) is 149. The van der Waals surface area contributed by atoms with Crippen LogP contribution in [0.25, 0.3) is 0 Å². The molecule has 0 nitrogen and oxygen atoms in total. The van der Waals surface area contributed by atoms with Crippen LogP contribution in [0.3, 0.4) is 0 Å². The molecule has 0 fully saturated rings. The first-order chi connectivity index (χ1) is 0. The SMILES string of the molecule is [Sb].[Se].[Se].[Se]. The van der Waals surface area contributed by atoms with Gasteiger partial charge in [-0.3, -0.25) is 0 Å². The fraction of sp³-hybridized carbons (Fsp3) is 0. The van der Waals surface area contributed by atoms with Crippen LogP contribution in [0, 0.1) is 0 Å². The smallest absolute Gasteiger partial charge is 0 e. The van der Waals surface area contributed by atoms with E-state index in [9.17, 15) is 0 Å². The Morgan fingerprint density at radius 2 is 0.500 bits per heavy atom. The van der Waals surface area contributed by atoms with Gasteiger partial charge in [0.1, 0.15) is 0 Å². The first kappa shape index (κ1) is 32.6. The molecule has 0 aliphatic carbocycles. The van der Waals surface area contributed by atoms with Crippen molar-refractivity contribution in [3.8, 4) is 0 Å². The van der Waals surface area contributed by atoms with E-state index in [1.807, 2.05) is 0 Å². The molecule has 23 valence electrons. The van der Waals surface area contributed by atoms with Gasteiger partial charge < -0.3 is 0 Å². The Bertz CT molecular complexity index is 3.25. The number of hydrogen-bond acceptors (Lipinski definition) is 0. The molecule has 0 aliphatic heterocycles. The fourth-order valence-electron chi connectivity index (χ4n) is 0. The van der Waals surface area contributed by atoms with Gasteiger partial charge in [0.05, 0.1) is 0 Å². The molecule has 0 atom stereocenters. The van der Waals surface area contributed by atoms with Crippen LogP contribution in [-0.4, -0.2) is 75.6 Å². The van der Waals surface area contributed by atoms with Crippen molar-refractivity contribution in [1.82, 2.24) is 0 Å². The van der Waals surface area contributed by atoms with Crippen molar-refractivity contribution in [2.45, 2.75) is 0 Å². The van der Waals surface area contributed by atoms with Crippen LogP contribution in [0.2, 0.25) is 0 Å². The average molecular weight is 359 g/mol. The summed E-state index contributed by atoms with van der Waals surface area (Å²) in [6.07, 6.45) is 0. The molecule has 0 saturated carbocycles. The third kappa shape index (κ3) is 8.83. The second-order valence-electron chi connectivity index (χ2n) is 0. The zero-order valence-corrected chi connectivity index (χ0v) is 9.36. The molecule has 0 heterocycles. The summed E-state index contributed by atoms with van der Waals surface area (Å²) in [4.78, 5) is 0. The first-order valence-corrected chi connectivity index (χ1v) is 0. The summed E-state index contributed by atoms with van der Waals surface area (Å²) in [7, 11) is 0. The van der Waals surface area contributed by atoms with Crippen LogP contribution in [0.1, 0.15) is 0 Å². The first-order valence-electron chi connectivity index (χ1n) is 0. The monoisotopic (exact) mass is 361 g/mol. The molecule has 0 unspecified atom stereocenters. The van der Waals surface area contributed by atoms with Crippen molar-refractivity contribution >= 4 is 75.6 Å². The molecule has 4 heavy (non-hydrogen) atoms. The molecule has 0 N–H and O–H groups in total. The molecule has 0 saturated heterocycles. The van der Waals surface area contributed by atoms with Gasteiger partial charge in [0, 0.05) is 75.6 Å². The number of rotatable bonds is 0. The van der Waals surface area contributed by atoms with Gasteiger partial charge in [-0.05, 0) is 0 Å². The second kappa shape index (κ2) is 18.2. The normalized spacial score (nSPS) is 0. The summed E-state index contributed by atoms with van der Waals surface area (Å²) in [5.74, 6) is 0. The number of hydrogen-bond donors (Lipinski definition) is 0. The van der Waals surface area contributed by atoms with E-state index in [2.05, 4.69) is 0 Å². The largest absolute Gasteiger partial charge is 0 e. The molecule has 0 aromatic carbocycles. The van der Waals surface area contributed by atoms with E-state index in [4.69, 9.17) is 0 Å². The van der Waals surface area contributed by atoms with Gasteiger partial charge in [0.2, 0.25) is 0 Å². The maximum absolute atomic E-state index is 0. The van der Waals surface area contributed by atoms with E-state index in [1.165, 1.54) is 0 Å². The minimum absolute atomic E-state index is 0. The third-order valence-electron chi connectivity index (χ3n) is 0. The van der Waals surface area contributed by atoms with E-state index in [1.54, 1.807) is 0 Å². The zero-order valence-electron chi connectivity index (χ0n) is 1.67. The molecule has 9 radical (unpaired) electrons. The molecule has 0 aliphatic rings. The molecule has 0 aromatic rings. The third-order valence-corrected chi connectivity index (χ3v) is 0. The predicted molar refractivity (Wildman–Crippen MR) is 23.0 cm³/mol. The van der Waals surface area contributed by atoms with Crippen molar-refractivity contribution < 1.29 is 0 Å². The van der Waals surface area contributed by atoms with Crippen LogP contribution < -0.4 is 0 Å². The zero-order chi connectivity index (χ0) is 0. The minimum Gasteiger partial charge on any atom is 0 e. The van der Waals surface area contributed by atoms with Gasteiger partial charge in [-0.25, -0.2) is 0 Å². The van der Waals surface area contributed by atoms with E-state index < -0.39 is 0 Å². The molecular weight excluding hydrogens is 359 g/mol. The summed E-state index contributed by atoms with van der Waals surface area (Å²) in [5.41, 5.74) is 0. The molecule has 0 rings (SSSR count). The van der Waals surface area contributed by atoms with Crippen molar-refractivity contribution in [1.29, 1.82) is 0 Å². The predicted octanol–water partition coefficient (Wildman–Crippen LogP) is -1.52. The van der Waals surface area contributed by atoms with Gasteiger partial charge in [-0.1, -0.05) is 0 Å². The second-order valence-corrected chi connectivity index (χ2v) is 0. The molecule has 0 spiro atoms. The fourth-order valence-corrected chi connectivity index (χ4v) is 0. The van der Waals surface area contributed by atoms with E-state index >= 15 is 0 Å². The van der Waals surface area contributed by atoms with Gasteiger partial charge in [0.25, 0.3) is 0 Å². The topological polar surface area (TPSA) is 0 Å². The van der Waals surface area contributed by atoms with Gasteiger partial charge in [0.15, 0.2) is 0 Å². The van der Waals surface area contributed by atoms with E-state index in [0.29, 0.717) is 0 Å². The average Bonchev–Trinajstić information content (AvgIpc) is 0. The van der Waals surface area contributed by atoms with Crippen LogP contribution >= 0.6 is 0 Å². The van der Waals surface area contributed by atoms with Gasteiger partial charge in [-0.15, -0.1) is 0 Å². The Balaban J connectivity index is 0. The quantitative estimate of drug-likeness (QED) is 0.461. The van der Waals surface area contributed by atoms with Crippen molar-refractivity contribution in [2.75, 3.05) is 0 Å². The molecule has 0 amide bonds. The summed E-state index contributed by atoms with van der Waals surface area (Å²) in [6.45, 7) is 0. The Morgan fingerprint density at radius 3 is 0.500 bits per heavy atom.